The number of amides is 1. The molecular formula is C19H21FN2O4S. The fourth-order valence-electron chi connectivity index (χ4n) is 2.90. The molecule has 1 heterocycles. The average molecular weight is 392 g/mol. The van der Waals surface area contributed by atoms with Gasteiger partial charge in [0.25, 0.3) is 0 Å². The van der Waals surface area contributed by atoms with E-state index in [-0.39, 0.29) is 23.2 Å². The summed E-state index contributed by atoms with van der Waals surface area (Å²) in [6.45, 7) is 5.50. The van der Waals surface area contributed by atoms with Gasteiger partial charge in [-0.15, -0.1) is 0 Å². The van der Waals surface area contributed by atoms with Gasteiger partial charge in [0.2, 0.25) is 15.9 Å². The summed E-state index contributed by atoms with van der Waals surface area (Å²) in [7, 11) is -3.82. The minimum Gasteiger partial charge on any atom is -0.484 e. The predicted molar refractivity (Wildman–Crippen MR) is 99.6 cm³/mol. The molecule has 1 aliphatic heterocycles. The molecule has 6 nitrogen and oxygen atoms in total. The van der Waals surface area contributed by atoms with E-state index >= 15 is 0 Å². The van der Waals surface area contributed by atoms with Crippen LogP contribution in [0, 0.1) is 5.82 Å². The van der Waals surface area contributed by atoms with Crippen LogP contribution in [0.1, 0.15) is 26.3 Å². The second-order valence-electron chi connectivity index (χ2n) is 7.05. The lowest BCUT2D eigenvalue weighted by Crippen LogP contribution is -2.48. The van der Waals surface area contributed by atoms with Crippen LogP contribution >= 0.6 is 0 Å². The van der Waals surface area contributed by atoms with Crippen LogP contribution in [-0.4, -0.2) is 26.5 Å². The number of rotatable bonds is 4. The van der Waals surface area contributed by atoms with Crippen molar-refractivity contribution in [3.05, 3.63) is 53.8 Å². The van der Waals surface area contributed by atoms with Crippen molar-refractivity contribution in [3.8, 4) is 5.75 Å². The van der Waals surface area contributed by atoms with E-state index in [1.54, 1.807) is 6.07 Å². The molecule has 1 aliphatic rings. The van der Waals surface area contributed by atoms with Gasteiger partial charge in [0.1, 0.15) is 17.2 Å². The van der Waals surface area contributed by atoms with Gasteiger partial charge in [-0.3, -0.25) is 4.79 Å². The maximum atomic E-state index is 13.0. The zero-order chi connectivity index (χ0) is 19.8. The van der Waals surface area contributed by atoms with Crippen LogP contribution in [0.2, 0.25) is 0 Å². The van der Waals surface area contributed by atoms with Gasteiger partial charge in [-0.1, -0.05) is 12.1 Å². The molecule has 2 aromatic rings. The van der Waals surface area contributed by atoms with E-state index in [9.17, 15) is 17.6 Å². The Balaban J connectivity index is 1.87. The summed E-state index contributed by atoms with van der Waals surface area (Å²) in [6.07, 6.45) is 0. The Hall–Kier alpha value is -2.45. The summed E-state index contributed by atoms with van der Waals surface area (Å²) in [5.41, 5.74) is 0.486. The highest BCUT2D eigenvalue weighted by molar-refractivity contribution is 7.89. The number of nitrogens with one attached hydrogen (secondary N) is 1. The van der Waals surface area contributed by atoms with E-state index in [0.29, 0.717) is 23.5 Å². The highest BCUT2D eigenvalue weighted by Crippen LogP contribution is 2.38. The highest BCUT2D eigenvalue weighted by atomic mass is 32.2. The first kappa shape index (κ1) is 19.3. The van der Waals surface area contributed by atoms with Crippen LogP contribution in [0.5, 0.6) is 5.75 Å². The maximum Gasteiger partial charge on any atom is 0.240 e. The molecule has 0 saturated carbocycles. The molecule has 0 radical (unpaired) electrons. The number of benzene rings is 2. The number of carbonyl (C=O) groups excluding carboxylic acids is 1. The molecule has 27 heavy (non-hydrogen) atoms. The number of halogens is 1. The third-order valence-electron chi connectivity index (χ3n) is 4.22. The molecule has 3 rings (SSSR count). The third kappa shape index (κ3) is 4.28. The molecule has 1 N–H and O–H groups in total. The van der Waals surface area contributed by atoms with Crippen molar-refractivity contribution in [2.45, 2.75) is 37.8 Å². The lowest BCUT2D eigenvalue weighted by molar-refractivity contribution is -0.117. The van der Waals surface area contributed by atoms with Crippen LogP contribution in [0.4, 0.5) is 10.1 Å². The van der Waals surface area contributed by atoms with Gasteiger partial charge >= 0.3 is 0 Å². The summed E-state index contributed by atoms with van der Waals surface area (Å²) in [4.78, 5) is 13.6. The van der Waals surface area contributed by atoms with Crippen LogP contribution in [-0.2, 0) is 21.4 Å². The zero-order valence-electron chi connectivity index (χ0n) is 15.3. The maximum absolute atomic E-state index is 13.0. The first-order chi connectivity index (χ1) is 12.6. The second kappa shape index (κ2) is 6.94. The number of sulfonamides is 1. The Morgan fingerprint density at radius 1 is 1.22 bits per heavy atom. The highest BCUT2D eigenvalue weighted by Gasteiger charge is 2.34. The van der Waals surface area contributed by atoms with Crippen molar-refractivity contribution in [1.29, 1.82) is 0 Å². The second-order valence-corrected chi connectivity index (χ2v) is 8.81. The van der Waals surface area contributed by atoms with Gasteiger partial charge < -0.3 is 9.64 Å². The van der Waals surface area contributed by atoms with E-state index in [2.05, 4.69) is 4.72 Å². The van der Waals surface area contributed by atoms with E-state index in [4.69, 9.17) is 4.74 Å². The van der Waals surface area contributed by atoms with Crippen molar-refractivity contribution in [2.24, 2.45) is 0 Å². The minimum atomic E-state index is -3.82. The number of nitrogens with zero attached hydrogens (tertiary/aromatic N) is 1. The van der Waals surface area contributed by atoms with Crippen molar-refractivity contribution in [3.63, 3.8) is 0 Å². The van der Waals surface area contributed by atoms with Crippen molar-refractivity contribution in [1.82, 2.24) is 4.72 Å². The summed E-state index contributed by atoms with van der Waals surface area (Å²) in [5, 5.41) is 0. The third-order valence-corrected chi connectivity index (χ3v) is 5.62. The van der Waals surface area contributed by atoms with E-state index in [0.717, 1.165) is 0 Å². The Morgan fingerprint density at radius 3 is 2.52 bits per heavy atom. The molecule has 0 spiro atoms. The predicted octanol–water partition coefficient (Wildman–Crippen LogP) is 2.83. The number of fused-ring (bicyclic) bond motifs is 1. The molecular weight excluding hydrogens is 371 g/mol. The Morgan fingerprint density at radius 2 is 1.89 bits per heavy atom. The lowest BCUT2D eigenvalue weighted by atomic mass is 10.1. The topological polar surface area (TPSA) is 75.7 Å². The number of hydrogen-bond acceptors (Lipinski definition) is 4. The summed E-state index contributed by atoms with van der Waals surface area (Å²) in [5.74, 6) is -0.121. The van der Waals surface area contributed by atoms with Crippen LogP contribution in [0.15, 0.2) is 47.4 Å². The number of hydrogen-bond donors (Lipinski definition) is 1. The van der Waals surface area contributed by atoms with Crippen molar-refractivity contribution < 1.29 is 22.3 Å². The fourth-order valence-corrected chi connectivity index (χ4v) is 3.94. The van der Waals surface area contributed by atoms with Crippen LogP contribution in [0.3, 0.4) is 0 Å². The molecule has 0 bridgehead atoms. The van der Waals surface area contributed by atoms with Gasteiger partial charge in [-0.05, 0) is 49.7 Å². The standard InChI is InChI=1S/C19H21FN2O4S/c1-13(23)22-12-19(2,3)26-18-9-8-16(10-17(18)22)27(24,25)21-11-14-4-6-15(20)7-5-14/h4-10,21H,11-12H2,1-3H3. The van der Waals surface area contributed by atoms with Gasteiger partial charge in [0, 0.05) is 13.5 Å². The minimum absolute atomic E-state index is 0.0258. The molecule has 1 amide bonds. The Bertz CT molecular complexity index is 972. The molecule has 0 atom stereocenters. The van der Waals surface area contributed by atoms with Gasteiger partial charge in [-0.25, -0.2) is 17.5 Å². The van der Waals surface area contributed by atoms with Gasteiger partial charge in [0.15, 0.2) is 0 Å². The SMILES string of the molecule is CC(=O)N1CC(C)(C)Oc2ccc(S(=O)(=O)NCc3ccc(F)cc3)cc21. The smallest absolute Gasteiger partial charge is 0.240 e. The first-order valence-corrected chi connectivity index (χ1v) is 9.91. The molecule has 144 valence electrons. The number of ether oxygens (including phenoxy) is 1. The monoisotopic (exact) mass is 392 g/mol. The van der Waals surface area contributed by atoms with Crippen LogP contribution < -0.4 is 14.4 Å². The van der Waals surface area contributed by atoms with Crippen LogP contribution in [0.25, 0.3) is 0 Å². The Kier molecular flexibility index (Phi) is 4.96. The quantitative estimate of drug-likeness (QED) is 0.868. The van der Waals surface area contributed by atoms with Crippen molar-refractivity contribution >= 4 is 21.6 Å². The summed E-state index contributed by atoms with van der Waals surface area (Å²) >= 11 is 0. The molecule has 0 aliphatic carbocycles. The molecule has 0 saturated heterocycles. The largest absolute Gasteiger partial charge is 0.484 e. The molecule has 0 unspecified atom stereocenters. The zero-order valence-corrected chi connectivity index (χ0v) is 16.1. The number of carbonyl (C=O) groups is 1. The summed E-state index contributed by atoms with van der Waals surface area (Å²) < 4.78 is 46.6. The average Bonchev–Trinajstić information content (AvgIpc) is 2.59. The molecule has 2 aromatic carbocycles. The normalized spacial score (nSPS) is 15.8. The van der Waals surface area contributed by atoms with Gasteiger partial charge in [-0.2, -0.15) is 0 Å². The molecule has 0 fully saturated rings. The lowest BCUT2D eigenvalue weighted by Gasteiger charge is -2.39. The van der Waals surface area contributed by atoms with E-state index < -0.39 is 15.6 Å². The Labute approximate surface area is 158 Å². The number of anilines is 1. The summed E-state index contributed by atoms with van der Waals surface area (Å²) in [6, 6.07) is 9.98. The molecule has 8 heteroatoms. The van der Waals surface area contributed by atoms with Gasteiger partial charge in [0.05, 0.1) is 17.1 Å². The van der Waals surface area contributed by atoms with E-state index in [1.165, 1.54) is 48.2 Å². The van der Waals surface area contributed by atoms with E-state index in [1.807, 2.05) is 13.8 Å². The first-order valence-electron chi connectivity index (χ1n) is 8.43. The molecule has 0 aromatic heterocycles. The van der Waals surface area contributed by atoms with Crippen molar-refractivity contribution in [2.75, 3.05) is 11.4 Å². The fraction of sp³-hybridized carbons (Fsp3) is 0.316.